The minimum atomic E-state index is -1.10. The van der Waals surface area contributed by atoms with Crippen LogP contribution in [0.25, 0.3) is 6.08 Å². The first-order valence-corrected chi connectivity index (χ1v) is 8.58. The molecule has 2 aromatic rings. The molecule has 0 aliphatic carbocycles. The van der Waals surface area contributed by atoms with Gasteiger partial charge in [-0.2, -0.15) is 0 Å². The third-order valence-corrected chi connectivity index (χ3v) is 4.23. The molecule has 0 spiro atoms. The summed E-state index contributed by atoms with van der Waals surface area (Å²) < 4.78 is 11.0. The first-order chi connectivity index (χ1) is 13.0. The third-order valence-electron chi connectivity index (χ3n) is 3.64. The number of ether oxygens (including phenoxy) is 2. The van der Waals surface area contributed by atoms with Crippen molar-refractivity contribution in [3.8, 4) is 11.5 Å². The minimum Gasteiger partial charge on any atom is -0.493 e. The summed E-state index contributed by atoms with van der Waals surface area (Å²) in [5.41, 5.74) is 2.11. The van der Waals surface area contributed by atoms with Gasteiger partial charge in [-0.25, -0.2) is 9.59 Å². The molecule has 0 fully saturated rings. The van der Waals surface area contributed by atoms with Gasteiger partial charge >= 0.3 is 11.9 Å². The molecule has 1 aliphatic heterocycles. The van der Waals surface area contributed by atoms with Crippen LogP contribution in [0.1, 0.15) is 11.1 Å². The first-order valence-electron chi connectivity index (χ1n) is 7.78. The van der Waals surface area contributed by atoms with Gasteiger partial charge in [0.2, 0.25) is 0 Å². The number of carboxylic acid groups (broad SMARTS) is 1. The van der Waals surface area contributed by atoms with Crippen LogP contribution in [0, 0.1) is 0 Å². The van der Waals surface area contributed by atoms with Crippen molar-refractivity contribution in [2.45, 2.75) is 0 Å². The number of carbonyl (C=O) groups excluding carboxylic acids is 1. The molecule has 138 valence electrons. The fourth-order valence-electron chi connectivity index (χ4n) is 2.48. The summed E-state index contributed by atoms with van der Waals surface area (Å²) in [4.78, 5) is 27.7. The van der Waals surface area contributed by atoms with Crippen LogP contribution in [0.4, 0.5) is 0 Å². The van der Waals surface area contributed by atoms with Gasteiger partial charge in [-0.05, 0) is 39.7 Å². The third kappa shape index (κ3) is 4.17. The van der Waals surface area contributed by atoms with E-state index in [0.717, 1.165) is 5.56 Å². The topological polar surface area (TPSA) is 94.4 Å². The molecule has 0 aromatic heterocycles. The number of carboxylic acids is 1. The molecule has 1 aliphatic rings. The summed E-state index contributed by atoms with van der Waals surface area (Å²) in [5.74, 6) is -1.09. The molecular weight excluding hydrogens is 418 g/mol. The lowest BCUT2D eigenvalue weighted by molar-refractivity contribution is -0.139. The van der Waals surface area contributed by atoms with Crippen molar-refractivity contribution in [2.24, 2.45) is 5.16 Å². The Hall–Kier alpha value is -3.13. The lowest BCUT2D eigenvalue weighted by atomic mass is 10.0. The van der Waals surface area contributed by atoms with E-state index in [2.05, 4.69) is 21.1 Å². The van der Waals surface area contributed by atoms with E-state index < -0.39 is 18.5 Å². The van der Waals surface area contributed by atoms with E-state index in [1.807, 2.05) is 30.3 Å². The van der Waals surface area contributed by atoms with E-state index >= 15 is 0 Å². The molecule has 0 bridgehead atoms. The van der Waals surface area contributed by atoms with Gasteiger partial charge < -0.3 is 19.4 Å². The molecule has 27 heavy (non-hydrogen) atoms. The lowest BCUT2D eigenvalue weighted by Crippen LogP contribution is -2.10. The molecule has 8 heteroatoms. The van der Waals surface area contributed by atoms with Crippen LogP contribution in [0.3, 0.4) is 0 Å². The molecule has 2 aromatic carbocycles. The van der Waals surface area contributed by atoms with E-state index in [0.29, 0.717) is 27.1 Å². The molecule has 0 radical (unpaired) electrons. The summed E-state index contributed by atoms with van der Waals surface area (Å²) >= 11 is 3.34. The van der Waals surface area contributed by atoms with Crippen molar-refractivity contribution in [3.63, 3.8) is 0 Å². The van der Waals surface area contributed by atoms with Crippen molar-refractivity contribution >= 4 is 39.7 Å². The maximum Gasteiger partial charge on any atom is 0.368 e. The molecule has 0 unspecified atom stereocenters. The fourth-order valence-corrected chi connectivity index (χ4v) is 3.05. The van der Waals surface area contributed by atoms with Crippen molar-refractivity contribution in [1.29, 1.82) is 0 Å². The number of methoxy groups -OCH3 is 1. The van der Waals surface area contributed by atoms with E-state index in [1.54, 1.807) is 18.2 Å². The number of nitrogens with zero attached hydrogens (tertiary/aromatic N) is 1. The van der Waals surface area contributed by atoms with E-state index in [1.165, 1.54) is 7.11 Å². The molecular formula is C19H14BrNO6. The Morgan fingerprint density at radius 2 is 2.04 bits per heavy atom. The highest BCUT2D eigenvalue weighted by Gasteiger charge is 2.27. The minimum absolute atomic E-state index is 0.257. The Labute approximate surface area is 163 Å². The predicted octanol–water partition coefficient (Wildman–Crippen LogP) is 3.27. The number of carbonyl (C=O) groups is 2. The number of hydrogen-bond acceptors (Lipinski definition) is 6. The maximum absolute atomic E-state index is 12.1. The Morgan fingerprint density at radius 1 is 1.30 bits per heavy atom. The lowest BCUT2D eigenvalue weighted by Gasteiger charge is -2.12. The summed E-state index contributed by atoms with van der Waals surface area (Å²) in [5, 5.41) is 12.6. The number of oxime groups is 1. The molecule has 0 saturated heterocycles. The Morgan fingerprint density at radius 3 is 2.70 bits per heavy atom. The monoisotopic (exact) mass is 431 g/mol. The first kappa shape index (κ1) is 18.7. The molecule has 7 nitrogen and oxygen atoms in total. The maximum atomic E-state index is 12.1. The SMILES string of the molecule is COc1cc(/C=C2\C(=O)ON=C2c2ccccc2)cc(Br)c1OCC(=O)O. The second-order valence-corrected chi connectivity index (χ2v) is 6.31. The summed E-state index contributed by atoms with van der Waals surface area (Å²) in [7, 11) is 1.44. The average molecular weight is 432 g/mol. The van der Waals surface area contributed by atoms with Crippen molar-refractivity contribution < 1.29 is 29.0 Å². The Balaban J connectivity index is 1.98. The van der Waals surface area contributed by atoms with E-state index in [9.17, 15) is 9.59 Å². The second-order valence-electron chi connectivity index (χ2n) is 5.46. The molecule has 0 saturated carbocycles. The van der Waals surface area contributed by atoms with E-state index in [-0.39, 0.29) is 5.75 Å². The number of halogens is 1. The van der Waals surface area contributed by atoms with Gasteiger partial charge in [-0.3, -0.25) is 0 Å². The summed E-state index contributed by atoms with van der Waals surface area (Å²) in [6.07, 6.45) is 1.62. The zero-order valence-electron chi connectivity index (χ0n) is 14.1. The highest BCUT2D eigenvalue weighted by molar-refractivity contribution is 9.10. The molecule has 0 atom stereocenters. The molecule has 0 amide bonds. The number of aliphatic carboxylic acids is 1. The van der Waals surface area contributed by atoms with Crippen LogP contribution in [0.2, 0.25) is 0 Å². The normalized spacial score (nSPS) is 14.7. The Kier molecular flexibility index (Phi) is 5.56. The zero-order valence-corrected chi connectivity index (χ0v) is 15.7. The summed E-state index contributed by atoms with van der Waals surface area (Å²) in [6, 6.07) is 12.5. The quantitative estimate of drug-likeness (QED) is 0.557. The highest BCUT2D eigenvalue weighted by atomic mass is 79.9. The number of benzene rings is 2. The smallest absolute Gasteiger partial charge is 0.368 e. The molecule has 3 rings (SSSR count). The van der Waals surface area contributed by atoms with Crippen molar-refractivity contribution in [3.05, 3.63) is 63.6 Å². The van der Waals surface area contributed by atoms with Crippen LogP contribution >= 0.6 is 15.9 Å². The fraction of sp³-hybridized carbons (Fsp3) is 0.105. The van der Waals surface area contributed by atoms with Gasteiger partial charge in [0.1, 0.15) is 5.71 Å². The van der Waals surface area contributed by atoms with Gasteiger partial charge in [0.05, 0.1) is 17.2 Å². The standard InChI is InChI=1S/C19H14BrNO6/c1-25-15-9-11(8-14(20)18(15)26-10-16(22)23)7-13-17(21-27-19(13)24)12-5-3-2-4-6-12/h2-9H,10H2,1H3,(H,22,23)/b13-7-. The Bertz CT molecular complexity index is 952. The van der Waals surface area contributed by atoms with Gasteiger partial charge in [0, 0.05) is 5.56 Å². The van der Waals surface area contributed by atoms with Crippen molar-refractivity contribution in [1.82, 2.24) is 0 Å². The highest BCUT2D eigenvalue weighted by Crippen LogP contribution is 2.37. The van der Waals surface area contributed by atoms with Crippen LogP contribution in [-0.4, -0.2) is 36.5 Å². The number of hydrogen-bond donors (Lipinski definition) is 1. The summed E-state index contributed by atoms with van der Waals surface area (Å²) in [6.45, 7) is -0.507. The van der Waals surface area contributed by atoms with Gasteiger partial charge in [0.15, 0.2) is 18.1 Å². The second kappa shape index (κ2) is 8.05. The average Bonchev–Trinajstić information content (AvgIpc) is 3.01. The molecule has 1 heterocycles. The van der Waals surface area contributed by atoms with Crippen molar-refractivity contribution in [2.75, 3.05) is 13.7 Å². The molecule has 1 N–H and O–H groups in total. The van der Waals surface area contributed by atoms with Gasteiger partial charge in [0.25, 0.3) is 0 Å². The van der Waals surface area contributed by atoms with Gasteiger partial charge in [-0.1, -0.05) is 35.5 Å². The predicted molar refractivity (Wildman–Crippen MR) is 101 cm³/mol. The largest absolute Gasteiger partial charge is 0.493 e. The van der Waals surface area contributed by atoms with Crippen LogP contribution in [0.5, 0.6) is 11.5 Å². The van der Waals surface area contributed by atoms with Crippen LogP contribution in [0.15, 0.2) is 57.7 Å². The zero-order chi connectivity index (χ0) is 19.4. The van der Waals surface area contributed by atoms with E-state index in [4.69, 9.17) is 19.4 Å². The number of rotatable bonds is 6. The van der Waals surface area contributed by atoms with Gasteiger partial charge in [-0.15, -0.1) is 0 Å². The van der Waals surface area contributed by atoms with Crippen LogP contribution < -0.4 is 9.47 Å². The van der Waals surface area contributed by atoms with Crippen LogP contribution in [-0.2, 0) is 14.4 Å².